The van der Waals surface area contributed by atoms with Crippen molar-refractivity contribution in [2.75, 3.05) is 18.8 Å². The Balaban J connectivity index is 1.43. The Kier molecular flexibility index (Phi) is 5.34. The molecule has 0 bridgehead atoms. The van der Waals surface area contributed by atoms with Crippen LogP contribution in [0.4, 0.5) is 5.82 Å². The third-order valence-corrected chi connectivity index (χ3v) is 6.28. The van der Waals surface area contributed by atoms with E-state index in [0.717, 1.165) is 29.8 Å². The summed E-state index contributed by atoms with van der Waals surface area (Å²) in [5.41, 5.74) is 10.4. The molecule has 5 heterocycles. The third-order valence-electron chi connectivity index (χ3n) is 6.28. The van der Waals surface area contributed by atoms with Gasteiger partial charge in [0.2, 0.25) is 0 Å². The van der Waals surface area contributed by atoms with Crippen LogP contribution in [0, 0.1) is 5.41 Å². The average molecular weight is 449 g/mol. The van der Waals surface area contributed by atoms with Crippen molar-refractivity contribution < 1.29 is 9.90 Å². The molecule has 2 aliphatic heterocycles. The number of carbonyl (C=O) groups excluding carboxylic acids is 1. The number of nitrogens with two attached hydrogens (primary N) is 1. The second kappa shape index (κ2) is 8.20. The molecule has 0 spiro atoms. The molecule has 1 saturated heterocycles. The summed E-state index contributed by atoms with van der Waals surface area (Å²) < 4.78 is 2.05. The van der Waals surface area contributed by atoms with E-state index in [0.29, 0.717) is 25.2 Å². The van der Waals surface area contributed by atoms with Crippen LogP contribution in [-0.4, -0.2) is 61.0 Å². The number of nitrogen functional groups attached to an aromatic ring is 1. The van der Waals surface area contributed by atoms with Crippen LogP contribution >= 0.6 is 0 Å². The predicted molar refractivity (Wildman–Crippen MR) is 123 cm³/mol. The minimum absolute atomic E-state index is 0.0387. The molecule has 33 heavy (non-hydrogen) atoms. The Morgan fingerprint density at radius 2 is 2.15 bits per heavy atom. The van der Waals surface area contributed by atoms with Crippen LogP contribution < -0.4 is 16.4 Å². The molecule has 0 radical (unpaired) electrons. The second-order valence-electron chi connectivity index (χ2n) is 9.56. The van der Waals surface area contributed by atoms with E-state index in [-0.39, 0.29) is 16.9 Å². The number of nitrogens with one attached hydrogen (secondary N) is 2. The van der Waals surface area contributed by atoms with E-state index in [9.17, 15) is 9.90 Å². The minimum Gasteiger partial charge on any atom is -0.391 e. The largest absolute Gasteiger partial charge is 0.391 e. The molecule has 10 nitrogen and oxygen atoms in total. The van der Waals surface area contributed by atoms with Gasteiger partial charge in [-0.05, 0) is 36.9 Å². The molecule has 2 aliphatic rings. The van der Waals surface area contributed by atoms with Crippen molar-refractivity contribution in [1.82, 2.24) is 35.4 Å². The third kappa shape index (κ3) is 4.19. The molecule has 3 aromatic heterocycles. The van der Waals surface area contributed by atoms with E-state index >= 15 is 0 Å². The lowest BCUT2D eigenvalue weighted by molar-refractivity contribution is 0.0751. The van der Waals surface area contributed by atoms with Crippen LogP contribution in [-0.2, 0) is 13.0 Å². The summed E-state index contributed by atoms with van der Waals surface area (Å²) in [4.78, 5) is 26.1. The van der Waals surface area contributed by atoms with Crippen molar-refractivity contribution in [2.45, 2.75) is 45.4 Å². The Hall–Kier alpha value is -3.37. The van der Waals surface area contributed by atoms with E-state index < -0.39 is 18.1 Å². The molecule has 3 aromatic rings. The van der Waals surface area contributed by atoms with Crippen molar-refractivity contribution in [1.29, 1.82) is 0 Å². The summed E-state index contributed by atoms with van der Waals surface area (Å²) in [7, 11) is 0. The smallest absolute Gasteiger partial charge is 0.274 e. The molecule has 0 saturated carbocycles. The first-order chi connectivity index (χ1) is 15.8. The number of carbonyl (C=O) groups is 1. The first-order valence-corrected chi connectivity index (χ1v) is 11.1. The highest BCUT2D eigenvalue weighted by Crippen LogP contribution is 2.36. The van der Waals surface area contributed by atoms with Crippen molar-refractivity contribution in [2.24, 2.45) is 5.41 Å². The number of pyridine rings is 1. The van der Waals surface area contributed by atoms with Gasteiger partial charge in [0.15, 0.2) is 11.5 Å². The van der Waals surface area contributed by atoms with Crippen molar-refractivity contribution in [3.63, 3.8) is 0 Å². The van der Waals surface area contributed by atoms with Crippen molar-refractivity contribution in [3.05, 3.63) is 42.1 Å². The number of amides is 1. The normalized spacial score (nSPS) is 21.5. The zero-order chi connectivity index (χ0) is 23.2. The van der Waals surface area contributed by atoms with Crippen molar-refractivity contribution >= 4 is 11.7 Å². The summed E-state index contributed by atoms with van der Waals surface area (Å²) in [5, 5.41) is 20.7. The van der Waals surface area contributed by atoms with Gasteiger partial charge in [0.1, 0.15) is 0 Å². The maximum atomic E-state index is 12.8. The van der Waals surface area contributed by atoms with E-state index in [1.165, 1.54) is 5.69 Å². The fourth-order valence-electron chi connectivity index (χ4n) is 4.53. The lowest BCUT2D eigenvalue weighted by Crippen LogP contribution is -2.53. The van der Waals surface area contributed by atoms with Crippen molar-refractivity contribution in [3.8, 4) is 22.5 Å². The molecule has 172 valence electrons. The first kappa shape index (κ1) is 21.5. The van der Waals surface area contributed by atoms with Gasteiger partial charge < -0.3 is 21.5 Å². The Bertz CT molecular complexity index is 1200. The summed E-state index contributed by atoms with van der Waals surface area (Å²) in [6, 6.07) is 3.35. The molecule has 2 unspecified atom stereocenters. The number of aromatic nitrogens is 5. The molecule has 10 heteroatoms. The first-order valence-electron chi connectivity index (χ1n) is 11.1. The van der Waals surface area contributed by atoms with Gasteiger partial charge >= 0.3 is 0 Å². The van der Waals surface area contributed by atoms with E-state index in [2.05, 4.69) is 44.5 Å². The Morgan fingerprint density at radius 3 is 2.97 bits per heavy atom. The molecule has 5 rings (SSSR count). The second-order valence-corrected chi connectivity index (χ2v) is 9.56. The molecule has 5 N–H and O–H groups in total. The minimum atomic E-state index is -0.613. The molecular weight excluding hydrogens is 420 g/mol. The highest BCUT2D eigenvalue weighted by atomic mass is 16.3. The zero-order valence-electron chi connectivity index (χ0n) is 18.7. The molecule has 0 aromatic carbocycles. The topological polar surface area (TPSA) is 144 Å². The van der Waals surface area contributed by atoms with Crippen LogP contribution in [0.2, 0.25) is 0 Å². The maximum absolute atomic E-state index is 12.8. The standard InChI is InChI=1S/C23H28N8O2/c1-23(2)8-18-14(9-28-31(18)12-23)15-7-13(3-6-26-15)16-11-27-21(24)20(29-16)22(33)30-17-10-25-5-4-19(17)32/h3,6-7,9,11,17,19,25,32H,4-5,8,10,12H2,1-2H3,(H2,24,27)(H,30,33). The highest BCUT2D eigenvalue weighted by molar-refractivity contribution is 5.97. The number of fused-ring (bicyclic) bond motifs is 1. The Labute approximate surface area is 191 Å². The van der Waals surface area contributed by atoms with Crippen LogP contribution in [0.5, 0.6) is 0 Å². The summed E-state index contributed by atoms with van der Waals surface area (Å²) >= 11 is 0. The monoisotopic (exact) mass is 448 g/mol. The molecule has 1 amide bonds. The number of nitrogens with zero attached hydrogens (tertiary/aromatic N) is 5. The predicted octanol–water partition coefficient (Wildman–Crippen LogP) is 1.02. The number of anilines is 1. The van der Waals surface area contributed by atoms with Gasteiger partial charge in [0, 0.05) is 36.1 Å². The zero-order valence-corrected chi connectivity index (χ0v) is 18.7. The molecule has 1 fully saturated rings. The van der Waals surface area contributed by atoms with Gasteiger partial charge in [-0.25, -0.2) is 9.97 Å². The van der Waals surface area contributed by atoms with E-state index in [1.807, 2.05) is 23.0 Å². The fraction of sp³-hybridized carbons (Fsp3) is 0.435. The summed E-state index contributed by atoms with van der Waals surface area (Å²) in [6.07, 6.45) is 6.01. The van der Waals surface area contributed by atoms with Gasteiger partial charge in [-0.3, -0.25) is 14.5 Å². The van der Waals surface area contributed by atoms with Gasteiger partial charge in [-0.15, -0.1) is 0 Å². The number of aliphatic hydroxyl groups excluding tert-OH is 1. The lowest BCUT2D eigenvalue weighted by Gasteiger charge is -2.29. The lowest BCUT2D eigenvalue weighted by atomic mass is 9.90. The quantitative estimate of drug-likeness (QED) is 0.463. The molecule has 0 aliphatic carbocycles. The summed E-state index contributed by atoms with van der Waals surface area (Å²) in [6.45, 7) is 6.55. The summed E-state index contributed by atoms with van der Waals surface area (Å²) in [5.74, 6) is -0.416. The number of aliphatic hydroxyl groups is 1. The number of rotatable bonds is 4. The average Bonchev–Trinajstić information content (AvgIpc) is 3.30. The van der Waals surface area contributed by atoms with E-state index in [1.54, 1.807) is 12.4 Å². The number of hydrogen-bond acceptors (Lipinski definition) is 8. The number of piperidine rings is 1. The van der Waals surface area contributed by atoms with Gasteiger partial charge in [-0.1, -0.05) is 13.8 Å². The van der Waals surface area contributed by atoms with Crippen LogP contribution in [0.15, 0.2) is 30.7 Å². The highest BCUT2D eigenvalue weighted by Gasteiger charge is 2.32. The van der Waals surface area contributed by atoms with E-state index in [4.69, 9.17) is 5.73 Å². The Morgan fingerprint density at radius 1 is 1.30 bits per heavy atom. The SMILES string of the molecule is CC1(C)Cc2c(-c3cc(-c4cnc(N)c(C(=O)NC5CNCCC5O)n4)ccn3)cnn2C1. The van der Waals surface area contributed by atoms with Crippen LogP contribution in [0.25, 0.3) is 22.5 Å². The van der Waals surface area contributed by atoms with Gasteiger partial charge in [0.05, 0.1) is 35.9 Å². The van der Waals surface area contributed by atoms with Gasteiger partial charge in [-0.2, -0.15) is 5.10 Å². The molecule has 2 atom stereocenters. The van der Waals surface area contributed by atoms with Crippen LogP contribution in [0.1, 0.15) is 36.5 Å². The maximum Gasteiger partial charge on any atom is 0.274 e. The fourth-order valence-corrected chi connectivity index (χ4v) is 4.53. The van der Waals surface area contributed by atoms with Gasteiger partial charge in [0.25, 0.3) is 5.91 Å². The van der Waals surface area contributed by atoms with Crippen LogP contribution in [0.3, 0.4) is 0 Å². The number of hydrogen-bond donors (Lipinski definition) is 4. The molecular formula is C23H28N8O2.